The van der Waals surface area contributed by atoms with Gasteiger partial charge in [0.25, 0.3) is 0 Å². The Morgan fingerprint density at radius 2 is 1.83 bits per heavy atom. The summed E-state index contributed by atoms with van der Waals surface area (Å²) in [4.78, 5) is 2.72. The summed E-state index contributed by atoms with van der Waals surface area (Å²) >= 11 is 0. The molecule has 0 spiro atoms. The maximum atomic E-state index is 3.63. The van der Waals surface area contributed by atoms with E-state index >= 15 is 0 Å². The van der Waals surface area contributed by atoms with E-state index in [0.717, 1.165) is 25.0 Å². The molecule has 0 saturated carbocycles. The summed E-state index contributed by atoms with van der Waals surface area (Å²) in [5.74, 6) is 0.755. The zero-order valence-electron chi connectivity index (χ0n) is 13.3. The van der Waals surface area contributed by atoms with Crippen molar-refractivity contribution < 1.29 is 0 Å². The van der Waals surface area contributed by atoms with E-state index in [0.29, 0.717) is 5.41 Å². The maximum absolute atomic E-state index is 3.63. The number of hydrogen-bond acceptors (Lipinski definition) is 2. The van der Waals surface area contributed by atoms with Gasteiger partial charge in [-0.2, -0.15) is 0 Å². The first-order valence-corrected chi connectivity index (χ1v) is 7.89. The predicted octanol–water partition coefficient (Wildman–Crippen LogP) is 3.52. The molecule has 1 saturated heterocycles. The number of likely N-dealkylation sites (tertiary alicyclic amines) is 1. The largest absolute Gasteiger partial charge is 0.315 e. The Hall–Kier alpha value is -0.0800. The van der Waals surface area contributed by atoms with E-state index in [9.17, 15) is 0 Å². The van der Waals surface area contributed by atoms with Gasteiger partial charge in [0.05, 0.1) is 0 Å². The minimum atomic E-state index is 0.554. The van der Waals surface area contributed by atoms with Gasteiger partial charge in [-0.25, -0.2) is 0 Å². The SMILES string of the molecule is CCC(CNCC(C)C)N1CCCC(C)(C)CC1. The third-order valence-electron chi connectivity index (χ3n) is 4.29. The lowest BCUT2D eigenvalue weighted by Gasteiger charge is -2.31. The molecule has 2 heteroatoms. The van der Waals surface area contributed by atoms with E-state index in [1.54, 1.807) is 0 Å². The molecule has 0 aromatic rings. The van der Waals surface area contributed by atoms with Crippen LogP contribution in [0.1, 0.15) is 60.3 Å². The third kappa shape index (κ3) is 5.71. The Balaban J connectivity index is 2.39. The Labute approximate surface area is 115 Å². The van der Waals surface area contributed by atoms with Crippen LogP contribution in [-0.2, 0) is 0 Å². The van der Waals surface area contributed by atoms with Crippen LogP contribution in [0, 0.1) is 11.3 Å². The van der Waals surface area contributed by atoms with Crippen LogP contribution >= 0.6 is 0 Å². The second kappa shape index (κ2) is 7.49. The van der Waals surface area contributed by atoms with Crippen molar-refractivity contribution in [3.05, 3.63) is 0 Å². The van der Waals surface area contributed by atoms with Crippen molar-refractivity contribution in [1.82, 2.24) is 10.2 Å². The molecule has 0 bridgehead atoms. The van der Waals surface area contributed by atoms with Gasteiger partial charge in [-0.1, -0.05) is 34.6 Å². The highest BCUT2D eigenvalue weighted by molar-refractivity contribution is 4.81. The molecule has 0 radical (unpaired) electrons. The molecule has 1 rings (SSSR count). The Morgan fingerprint density at radius 3 is 2.44 bits per heavy atom. The Kier molecular flexibility index (Phi) is 6.65. The van der Waals surface area contributed by atoms with E-state index < -0.39 is 0 Å². The van der Waals surface area contributed by atoms with Crippen molar-refractivity contribution in [3.8, 4) is 0 Å². The van der Waals surface area contributed by atoms with Gasteiger partial charge in [0.1, 0.15) is 0 Å². The number of rotatable bonds is 6. The van der Waals surface area contributed by atoms with Crippen LogP contribution in [-0.4, -0.2) is 37.1 Å². The van der Waals surface area contributed by atoms with Gasteiger partial charge < -0.3 is 5.32 Å². The average molecular weight is 254 g/mol. The molecule has 1 heterocycles. The van der Waals surface area contributed by atoms with Crippen molar-refractivity contribution >= 4 is 0 Å². The lowest BCUT2D eigenvalue weighted by atomic mass is 9.85. The Morgan fingerprint density at radius 1 is 1.11 bits per heavy atom. The van der Waals surface area contributed by atoms with Gasteiger partial charge in [-0.05, 0) is 56.7 Å². The molecule has 18 heavy (non-hydrogen) atoms. The first-order chi connectivity index (χ1) is 8.44. The fourth-order valence-electron chi connectivity index (χ4n) is 2.88. The van der Waals surface area contributed by atoms with Crippen LogP contribution in [0.25, 0.3) is 0 Å². The lowest BCUT2D eigenvalue weighted by Crippen LogP contribution is -2.43. The molecule has 1 atom stereocenters. The van der Waals surface area contributed by atoms with E-state index in [4.69, 9.17) is 0 Å². The van der Waals surface area contributed by atoms with Gasteiger partial charge in [-0.15, -0.1) is 0 Å². The van der Waals surface area contributed by atoms with Crippen molar-refractivity contribution in [3.63, 3.8) is 0 Å². The summed E-state index contributed by atoms with van der Waals surface area (Å²) in [7, 11) is 0. The standard InChI is InChI=1S/C16H34N2/c1-6-15(13-17-12-14(2)3)18-10-7-8-16(4,5)9-11-18/h14-15,17H,6-13H2,1-5H3. The van der Waals surface area contributed by atoms with Gasteiger partial charge in [-0.3, -0.25) is 4.90 Å². The van der Waals surface area contributed by atoms with Crippen molar-refractivity contribution in [2.45, 2.75) is 66.3 Å². The molecule has 0 amide bonds. The normalized spacial score (nSPS) is 23.0. The van der Waals surface area contributed by atoms with Crippen LogP contribution in [0.2, 0.25) is 0 Å². The van der Waals surface area contributed by atoms with Crippen LogP contribution in [0.3, 0.4) is 0 Å². The highest BCUT2D eigenvalue weighted by Gasteiger charge is 2.25. The first-order valence-electron chi connectivity index (χ1n) is 7.89. The summed E-state index contributed by atoms with van der Waals surface area (Å²) < 4.78 is 0. The Bertz CT molecular complexity index is 223. The molecule has 0 aliphatic carbocycles. The van der Waals surface area contributed by atoms with Crippen molar-refractivity contribution in [1.29, 1.82) is 0 Å². The first kappa shape index (κ1) is 16.0. The van der Waals surface area contributed by atoms with Crippen LogP contribution < -0.4 is 5.32 Å². The number of nitrogens with one attached hydrogen (secondary N) is 1. The van der Waals surface area contributed by atoms with Gasteiger partial charge in [0, 0.05) is 12.6 Å². The number of hydrogen-bond donors (Lipinski definition) is 1. The smallest absolute Gasteiger partial charge is 0.0218 e. The summed E-state index contributed by atoms with van der Waals surface area (Å²) in [6.07, 6.45) is 5.38. The highest BCUT2D eigenvalue weighted by atomic mass is 15.2. The molecule has 1 N–H and O–H groups in total. The molecule has 108 valence electrons. The second-order valence-electron chi connectivity index (χ2n) is 7.17. The quantitative estimate of drug-likeness (QED) is 0.780. The van der Waals surface area contributed by atoms with Gasteiger partial charge in [0.2, 0.25) is 0 Å². The molecule has 2 nitrogen and oxygen atoms in total. The average Bonchev–Trinajstić information content (AvgIpc) is 2.46. The summed E-state index contributed by atoms with van der Waals surface area (Å²) in [6.45, 7) is 16.6. The van der Waals surface area contributed by atoms with E-state index in [2.05, 4.69) is 44.8 Å². The van der Waals surface area contributed by atoms with E-state index in [1.807, 2.05) is 0 Å². The molecular formula is C16H34N2. The molecule has 1 unspecified atom stereocenters. The minimum absolute atomic E-state index is 0.554. The van der Waals surface area contributed by atoms with Gasteiger partial charge >= 0.3 is 0 Å². The van der Waals surface area contributed by atoms with Crippen LogP contribution in [0.5, 0.6) is 0 Å². The fraction of sp³-hybridized carbons (Fsp3) is 1.00. The molecule has 1 aliphatic rings. The number of nitrogens with zero attached hydrogens (tertiary/aromatic N) is 1. The van der Waals surface area contributed by atoms with Gasteiger partial charge in [0.15, 0.2) is 0 Å². The summed E-state index contributed by atoms with van der Waals surface area (Å²) in [5, 5.41) is 3.63. The molecule has 0 aromatic heterocycles. The topological polar surface area (TPSA) is 15.3 Å². The predicted molar refractivity (Wildman–Crippen MR) is 81.0 cm³/mol. The molecule has 0 aromatic carbocycles. The summed E-state index contributed by atoms with van der Waals surface area (Å²) in [6, 6.07) is 0.734. The molecule has 1 fully saturated rings. The van der Waals surface area contributed by atoms with Crippen LogP contribution in [0.4, 0.5) is 0 Å². The van der Waals surface area contributed by atoms with Crippen molar-refractivity contribution in [2.75, 3.05) is 26.2 Å². The fourth-order valence-corrected chi connectivity index (χ4v) is 2.88. The van der Waals surface area contributed by atoms with E-state index in [-0.39, 0.29) is 0 Å². The molecule has 1 aliphatic heterocycles. The summed E-state index contributed by atoms with van der Waals surface area (Å²) in [5.41, 5.74) is 0.554. The van der Waals surface area contributed by atoms with E-state index in [1.165, 1.54) is 38.8 Å². The van der Waals surface area contributed by atoms with Crippen molar-refractivity contribution in [2.24, 2.45) is 11.3 Å². The zero-order chi connectivity index (χ0) is 13.6. The third-order valence-corrected chi connectivity index (χ3v) is 4.29. The lowest BCUT2D eigenvalue weighted by molar-refractivity contribution is 0.184. The second-order valence-corrected chi connectivity index (χ2v) is 7.17. The maximum Gasteiger partial charge on any atom is 0.0218 e. The zero-order valence-corrected chi connectivity index (χ0v) is 13.3. The highest BCUT2D eigenvalue weighted by Crippen LogP contribution is 2.30. The minimum Gasteiger partial charge on any atom is -0.315 e. The monoisotopic (exact) mass is 254 g/mol. The van der Waals surface area contributed by atoms with Crippen LogP contribution in [0.15, 0.2) is 0 Å². The molecular weight excluding hydrogens is 220 g/mol.